The average Bonchev–Trinajstić information content (AvgIpc) is 2.32. The van der Waals surface area contributed by atoms with Crippen molar-refractivity contribution in [2.24, 2.45) is 0 Å². The predicted molar refractivity (Wildman–Crippen MR) is 78.8 cm³/mol. The Morgan fingerprint density at radius 1 is 1.39 bits per heavy atom. The minimum atomic E-state index is 0.302. The topological polar surface area (TPSA) is 32.3 Å². The van der Waals surface area contributed by atoms with Gasteiger partial charge in [0.1, 0.15) is 0 Å². The van der Waals surface area contributed by atoms with Crippen LogP contribution in [0.15, 0.2) is 28.7 Å². The highest BCUT2D eigenvalue weighted by Crippen LogP contribution is 2.40. The lowest BCUT2D eigenvalue weighted by atomic mass is 9.75. The summed E-state index contributed by atoms with van der Waals surface area (Å²) < 4.78 is 1.24. The van der Waals surface area contributed by atoms with Crippen LogP contribution in [0.5, 0.6) is 0 Å². The van der Waals surface area contributed by atoms with Gasteiger partial charge in [-0.05, 0) is 50.2 Å². The number of rotatable bonds is 6. The number of hydrogen-bond donors (Lipinski definition) is 2. The molecule has 1 aliphatic carbocycles. The lowest BCUT2D eigenvalue weighted by molar-refractivity contribution is 0.244. The van der Waals surface area contributed by atoms with Crippen LogP contribution in [-0.4, -0.2) is 23.8 Å². The highest BCUT2D eigenvalue weighted by Gasteiger charge is 2.31. The monoisotopic (exact) mass is 311 g/mol. The molecule has 1 aromatic carbocycles. The molecule has 2 nitrogen and oxygen atoms in total. The van der Waals surface area contributed by atoms with Gasteiger partial charge in [-0.15, -0.1) is 0 Å². The number of aliphatic hydroxyl groups is 1. The van der Waals surface area contributed by atoms with Crippen LogP contribution in [0.3, 0.4) is 0 Å². The maximum Gasteiger partial charge on any atom is 0.0431 e. The third kappa shape index (κ3) is 3.56. The first kappa shape index (κ1) is 14.0. The van der Waals surface area contributed by atoms with E-state index >= 15 is 0 Å². The predicted octanol–water partition coefficient (Wildman–Crippen LogP) is 3.45. The smallest absolute Gasteiger partial charge is 0.0431 e. The minimum absolute atomic E-state index is 0.302. The highest BCUT2D eigenvalue weighted by molar-refractivity contribution is 9.10. The van der Waals surface area contributed by atoms with Crippen molar-refractivity contribution < 1.29 is 5.11 Å². The number of aliphatic hydroxyl groups excluding tert-OH is 1. The van der Waals surface area contributed by atoms with Gasteiger partial charge in [0.05, 0.1) is 0 Å². The van der Waals surface area contributed by atoms with E-state index in [4.69, 9.17) is 5.11 Å². The van der Waals surface area contributed by atoms with Crippen molar-refractivity contribution in [2.75, 3.05) is 6.61 Å². The van der Waals surface area contributed by atoms with Crippen molar-refractivity contribution in [2.45, 2.75) is 50.6 Å². The first-order valence-electron chi connectivity index (χ1n) is 6.82. The second kappa shape index (κ2) is 6.69. The molecular formula is C15H22BrNO. The van der Waals surface area contributed by atoms with Crippen LogP contribution in [0.4, 0.5) is 0 Å². The molecule has 18 heavy (non-hydrogen) atoms. The van der Waals surface area contributed by atoms with Gasteiger partial charge in [-0.1, -0.05) is 34.1 Å². The Morgan fingerprint density at radius 3 is 2.78 bits per heavy atom. The molecule has 0 spiro atoms. The zero-order valence-electron chi connectivity index (χ0n) is 10.9. The van der Waals surface area contributed by atoms with Gasteiger partial charge in [0, 0.05) is 23.2 Å². The second-order valence-electron chi connectivity index (χ2n) is 5.32. The Labute approximate surface area is 118 Å². The molecule has 0 bridgehead atoms. The lowest BCUT2D eigenvalue weighted by Gasteiger charge is -2.38. The second-order valence-corrected chi connectivity index (χ2v) is 6.17. The summed E-state index contributed by atoms with van der Waals surface area (Å²) in [5.41, 5.74) is 1.44. The summed E-state index contributed by atoms with van der Waals surface area (Å²) in [7, 11) is 0. The van der Waals surface area contributed by atoms with Gasteiger partial charge >= 0.3 is 0 Å². The normalized spacial score (nSPS) is 24.6. The van der Waals surface area contributed by atoms with Crippen molar-refractivity contribution in [3.05, 3.63) is 34.3 Å². The van der Waals surface area contributed by atoms with Crippen LogP contribution in [0.1, 0.15) is 44.1 Å². The van der Waals surface area contributed by atoms with Crippen molar-refractivity contribution in [1.29, 1.82) is 0 Å². The number of halogens is 1. The summed E-state index contributed by atoms with van der Waals surface area (Å²) in [5, 5.41) is 12.5. The van der Waals surface area contributed by atoms with E-state index in [1.165, 1.54) is 22.9 Å². The molecule has 2 rings (SSSR count). The zero-order valence-corrected chi connectivity index (χ0v) is 12.5. The minimum Gasteiger partial charge on any atom is -0.396 e. The van der Waals surface area contributed by atoms with Crippen molar-refractivity contribution >= 4 is 15.9 Å². The van der Waals surface area contributed by atoms with Crippen molar-refractivity contribution in [3.63, 3.8) is 0 Å². The van der Waals surface area contributed by atoms with Crippen LogP contribution in [0, 0.1) is 0 Å². The fraction of sp³-hybridized carbons (Fsp3) is 0.600. The van der Waals surface area contributed by atoms with E-state index in [1.54, 1.807) is 0 Å². The van der Waals surface area contributed by atoms with Crippen LogP contribution in [0.2, 0.25) is 0 Å². The van der Waals surface area contributed by atoms with Gasteiger partial charge < -0.3 is 10.4 Å². The number of hydrogen-bond acceptors (Lipinski definition) is 2. The maximum absolute atomic E-state index is 8.81. The Morgan fingerprint density at radius 2 is 2.11 bits per heavy atom. The van der Waals surface area contributed by atoms with E-state index in [9.17, 15) is 0 Å². The molecule has 0 aliphatic heterocycles. The third-order valence-corrected chi connectivity index (χ3v) is 4.52. The average molecular weight is 312 g/mol. The molecule has 1 aliphatic rings. The number of nitrogens with one attached hydrogen (secondary N) is 1. The molecule has 1 atom stereocenters. The summed E-state index contributed by atoms with van der Waals surface area (Å²) >= 11 is 3.63. The summed E-state index contributed by atoms with van der Waals surface area (Å²) in [6.07, 6.45) is 4.42. The Bertz CT molecular complexity index is 377. The lowest BCUT2D eigenvalue weighted by Crippen LogP contribution is -2.44. The molecule has 0 aromatic heterocycles. The molecule has 1 unspecified atom stereocenters. The van der Waals surface area contributed by atoms with Crippen LogP contribution in [-0.2, 0) is 0 Å². The van der Waals surface area contributed by atoms with E-state index in [0.717, 1.165) is 12.8 Å². The van der Waals surface area contributed by atoms with Gasteiger partial charge in [-0.25, -0.2) is 0 Å². The standard InChI is InChI=1S/C15H22BrNO/c1-11(5-4-8-18)17-13-9-12(10-13)14-6-2-3-7-15(14)16/h2-3,6-7,11-13,17-18H,4-5,8-10H2,1H3. The van der Waals surface area contributed by atoms with Gasteiger partial charge in [0.2, 0.25) is 0 Å². The Balaban J connectivity index is 1.75. The van der Waals surface area contributed by atoms with Gasteiger partial charge in [0.25, 0.3) is 0 Å². The van der Waals surface area contributed by atoms with E-state index in [1.807, 2.05) is 0 Å². The van der Waals surface area contributed by atoms with E-state index in [-0.39, 0.29) is 0 Å². The highest BCUT2D eigenvalue weighted by atomic mass is 79.9. The van der Waals surface area contributed by atoms with Crippen LogP contribution < -0.4 is 5.32 Å². The van der Waals surface area contributed by atoms with E-state index in [2.05, 4.69) is 52.4 Å². The fourth-order valence-corrected chi connectivity index (χ4v) is 3.31. The first-order chi connectivity index (χ1) is 8.70. The molecule has 3 heteroatoms. The molecule has 2 N–H and O–H groups in total. The summed E-state index contributed by atoms with van der Waals surface area (Å²) in [6, 6.07) is 9.70. The van der Waals surface area contributed by atoms with Crippen LogP contribution in [0.25, 0.3) is 0 Å². The first-order valence-corrected chi connectivity index (χ1v) is 7.61. The molecule has 0 radical (unpaired) electrons. The Kier molecular flexibility index (Phi) is 5.22. The number of benzene rings is 1. The van der Waals surface area contributed by atoms with Crippen LogP contribution >= 0.6 is 15.9 Å². The third-order valence-electron chi connectivity index (χ3n) is 3.80. The molecule has 100 valence electrons. The van der Waals surface area contributed by atoms with Crippen molar-refractivity contribution in [3.8, 4) is 0 Å². The van der Waals surface area contributed by atoms with Crippen molar-refractivity contribution in [1.82, 2.24) is 5.32 Å². The molecule has 0 saturated heterocycles. The molecule has 0 heterocycles. The quantitative estimate of drug-likeness (QED) is 0.843. The summed E-state index contributed by atoms with van der Waals surface area (Å²) in [4.78, 5) is 0. The molecule has 0 amide bonds. The van der Waals surface area contributed by atoms with Gasteiger partial charge in [-0.3, -0.25) is 0 Å². The molecular weight excluding hydrogens is 290 g/mol. The molecule has 1 fully saturated rings. The Hall–Kier alpha value is -0.380. The maximum atomic E-state index is 8.81. The van der Waals surface area contributed by atoms with E-state index in [0.29, 0.717) is 24.6 Å². The van der Waals surface area contributed by atoms with Gasteiger partial charge in [0.15, 0.2) is 0 Å². The van der Waals surface area contributed by atoms with Gasteiger partial charge in [-0.2, -0.15) is 0 Å². The zero-order chi connectivity index (χ0) is 13.0. The molecule has 1 aromatic rings. The summed E-state index contributed by atoms with van der Waals surface area (Å²) in [6.45, 7) is 2.51. The summed E-state index contributed by atoms with van der Waals surface area (Å²) in [5.74, 6) is 0.697. The van der Waals surface area contributed by atoms with E-state index < -0.39 is 0 Å². The SMILES string of the molecule is CC(CCCO)NC1CC(c2ccccc2Br)C1. The largest absolute Gasteiger partial charge is 0.396 e. The molecule has 1 saturated carbocycles. The fourth-order valence-electron chi connectivity index (χ4n) is 2.70.